The van der Waals surface area contributed by atoms with E-state index in [1.165, 1.54) is 11.3 Å². The summed E-state index contributed by atoms with van der Waals surface area (Å²) >= 11 is 3.15. The number of hydrogen-bond acceptors (Lipinski definition) is 6. The fourth-order valence-electron chi connectivity index (χ4n) is 1.70. The monoisotopic (exact) mass is 279 g/mol. The molecular formula is C11H13N5S2. The summed E-state index contributed by atoms with van der Waals surface area (Å²) in [4.78, 5) is 1.84. The minimum Gasteiger partial charge on any atom is -0.397 e. The van der Waals surface area contributed by atoms with Crippen molar-refractivity contribution >= 4 is 33.3 Å². The van der Waals surface area contributed by atoms with Crippen molar-refractivity contribution in [3.63, 3.8) is 0 Å². The number of aryl methyl sites for hydroxylation is 1. The zero-order valence-electron chi connectivity index (χ0n) is 10.3. The van der Waals surface area contributed by atoms with Gasteiger partial charge in [0.1, 0.15) is 0 Å². The molecule has 94 valence electrons. The van der Waals surface area contributed by atoms with Gasteiger partial charge in [-0.15, -0.1) is 21.5 Å². The molecule has 0 saturated carbocycles. The summed E-state index contributed by atoms with van der Waals surface area (Å²) in [5, 5.41) is 15.9. The Hall–Kier alpha value is -1.47. The van der Waals surface area contributed by atoms with E-state index in [0.29, 0.717) is 5.92 Å². The lowest BCUT2D eigenvalue weighted by molar-refractivity contribution is 0.727. The zero-order valence-corrected chi connectivity index (χ0v) is 12.0. The molecule has 3 heterocycles. The number of nitrogens with two attached hydrogens (primary N) is 1. The van der Waals surface area contributed by atoms with E-state index in [1.54, 1.807) is 11.3 Å². The third-order valence-corrected chi connectivity index (χ3v) is 4.91. The van der Waals surface area contributed by atoms with E-state index in [0.717, 1.165) is 31.9 Å². The van der Waals surface area contributed by atoms with Gasteiger partial charge in [-0.1, -0.05) is 25.2 Å². The van der Waals surface area contributed by atoms with E-state index >= 15 is 0 Å². The van der Waals surface area contributed by atoms with Gasteiger partial charge in [-0.2, -0.15) is 9.61 Å². The second-order valence-corrected chi connectivity index (χ2v) is 6.31. The summed E-state index contributed by atoms with van der Waals surface area (Å²) in [5.41, 5.74) is 7.97. The summed E-state index contributed by atoms with van der Waals surface area (Å²) in [6.45, 7) is 6.17. The minimum absolute atomic E-state index is 0.303. The maximum Gasteiger partial charge on any atom is 0.235 e. The molecule has 0 bridgehead atoms. The highest BCUT2D eigenvalue weighted by molar-refractivity contribution is 7.24. The molecule has 0 atom stereocenters. The predicted octanol–water partition coefficient (Wildman–Crippen LogP) is 2.93. The van der Waals surface area contributed by atoms with Gasteiger partial charge in [0.2, 0.25) is 4.96 Å². The fourth-order valence-corrected chi connectivity index (χ4v) is 3.62. The number of hydrogen-bond donors (Lipinski definition) is 1. The molecule has 3 aromatic rings. The smallest absolute Gasteiger partial charge is 0.235 e. The second-order valence-electron chi connectivity index (χ2n) is 4.48. The van der Waals surface area contributed by atoms with Crippen LogP contribution in [0.3, 0.4) is 0 Å². The van der Waals surface area contributed by atoms with Crippen molar-refractivity contribution in [2.24, 2.45) is 0 Å². The van der Waals surface area contributed by atoms with E-state index in [1.807, 2.05) is 11.4 Å². The molecule has 0 aliphatic rings. The topological polar surface area (TPSA) is 69.1 Å². The van der Waals surface area contributed by atoms with Gasteiger partial charge in [0.05, 0.1) is 10.6 Å². The summed E-state index contributed by atoms with van der Waals surface area (Å²) in [5.74, 6) is 1.19. The van der Waals surface area contributed by atoms with Crippen molar-refractivity contribution in [1.82, 2.24) is 19.8 Å². The Bertz CT molecular complexity index is 706. The molecule has 0 saturated heterocycles. The lowest BCUT2D eigenvalue weighted by atomic mass is 10.2. The Morgan fingerprint density at radius 3 is 2.72 bits per heavy atom. The average molecular weight is 279 g/mol. The third kappa shape index (κ3) is 1.62. The first-order valence-corrected chi connectivity index (χ1v) is 7.33. The lowest BCUT2D eigenvalue weighted by Crippen LogP contribution is -1.98. The fraction of sp³-hybridized carbons (Fsp3) is 0.364. The van der Waals surface area contributed by atoms with Crippen LogP contribution in [0.1, 0.15) is 31.2 Å². The van der Waals surface area contributed by atoms with Crippen LogP contribution in [0.25, 0.3) is 14.8 Å². The second kappa shape index (κ2) is 4.03. The molecule has 0 aliphatic heterocycles. The molecular weight excluding hydrogens is 266 g/mol. The Morgan fingerprint density at radius 2 is 2.11 bits per heavy atom. The van der Waals surface area contributed by atoms with Crippen LogP contribution >= 0.6 is 22.7 Å². The highest BCUT2D eigenvalue weighted by atomic mass is 32.1. The zero-order chi connectivity index (χ0) is 12.9. The van der Waals surface area contributed by atoms with Crippen LogP contribution in [0.15, 0.2) is 5.38 Å². The number of nitrogens with zero attached hydrogens (tertiary/aromatic N) is 4. The molecule has 7 heteroatoms. The summed E-state index contributed by atoms with van der Waals surface area (Å²) < 4.78 is 1.82. The highest BCUT2D eigenvalue weighted by Gasteiger charge is 2.17. The predicted molar refractivity (Wildman–Crippen MR) is 75.2 cm³/mol. The molecule has 0 unspecified atom stereocenters. The molecule has 0 amide bonds. The van der Waals surface area contributed by atoms with Crippen LogP contribution in [0.5, 0.6) is 0 Å². The standard InChI is InChI=1S/C11H13N5S2/c1-5(2)9-13-14-11-16(9)15-10(18-11)8-7(12)6(3)4-17-8/h4-5H,12H2,1-3H3. The van der Waals surface area contributed by atoms with Crippen molar-refractivity contribution in [1.29, 1.82) is 0 Å². The molecule has 5 nitrogen and oxygen atoms in total. The largest absolute Gasteiger partial charge is 0.397 e. The summed E-state index contributed by atoms with van der Waals surface area (Å²) in [6.07, 6.45) is 0. The number of fused-ring (bicyclic) bond motifs is 1. The van der Waals surface area contributed by atoms with E-state index < -0.39 is 0 Å². The highest BCUT2D eigenvalue weighted by Crippen LogP contribution is 2.37. The molecule has 0 fully saturated rings. The number of aromatic nitrogens is 4. The molecule has 0 spiro atoms. The van der Waals surface area contributed by atoms with Gasteiger partial charge in [-0.3, -0.25) is 0 Å². The summed E-state index contributed by atoms with van der Waals surface area (Å²) in [7, 11) is 0. The molecule has 2 N–H and O–H groups in total. The summed E-state index contributed by atoms with van der Waals surface area (Å²) in [6, 6.07) is 0. The number of nitrogen functional groups attached to an aromatic ring is 1. The van der Waals surface area contributed by atoms with Crippen molar-refractivity contribution in [2.75, 3.05) is 5.73 Å². The Morgan fingerprint density at radius 1 is 1.33 bits per heavy atom. The third-order valence-electron chi connectivity index (χ3n) is 2.75. The van der Waals surface area contributed by atoms with Crippen LogP contribution in [0.2, 0.25) is 0 Å². The number of rotatable bonds is 2. The normalized spacial score (nSPS) is 11.8. The van der Waals surface area contributed by atoms with Gasteiger partial charge in [0.15, 0.2) is 10.8 Å². The van der Waals surface area contributed by atoms with Gasteiger partial charge in [0.25, 0.3) is 0 Å². The maximum absolute atomic E-state index is 6.05. The van der Waals surface area contributed by atoms with Crippen LogP contribution in [0.4, 0.5) is 5.69 Å². The number of anilines is 1. The minimum atomic E-state index is 0.303. The molecule has 3 aromatic heterocycles. The van der Waals surface area contributed by atoms with Crippen molar-refractivity contribution < 1.29 is 0 Å². The van der Waals surface area contributed by atoms with Crippen molar-refractivity contribution in [2.45, 2.75) is 26.7 Å². The van der Waals surface area contributed by atoms with Gasteiger partial charge in [-0.05, 0) is 17.9 Å². The quantitative estimate of drug-likeness (QED) is 0.783. The van der Waals surface area contributed by atoms with Gasteiger partial charge >= 0.3 is 0 Å². The van der Waals surface area contributed by atoms with Crippen molar-refractivity contribution in [3.05, 3.63) is 16.8 Å². The van der Waals surface area contributed by atoms with E-state index in [-0.39, 0.29) is 0 Å². The van der Waals surface area contributed by atoms with Gasteiger partial charge in [-0.25, -0.2) is 0 Å². The maximum atomic E-state index is 6.05. The molecule has 18 heavy (non-hydrogen) atoms. The van der Waals surface area contributed by atoms with Crippen LogP contribution in [-0.4, -0.2) is 19.8 Å². The van der Waals surface area contributed by atoms with Crippen LogP contribution in [-0.2, 0) is 0 Å². The average Bonchev–Trinajstić information content (AvgIpc) is 2.94. The van der Waals surface area contributed by atoms with Crippen LogP contribution < -0.4 is 5.73 Å². The molecule has 3 rings (SSSR count). The Labute approximate surface area is 112 Å². The van der Waals surface area contributed by atoms with Gasteiger partial charge in [0, 0.05) is 5.92 Å². The van der Waals surface area contributed by atoms with Gasteiger partial charge < -0.3 is 5.73 Å². The molecule has 0 radical (unpaired) electrons. The first-order chi connectivity index (χ1) is 8.58. The lowest BCUT2D eigenvalue weighted by Gasteiger charge is -1.98. The van der Waals surface area contributed by atoms with E-state index in [4.69, 9.17) is 5.73 Å². The number of thiophene rings is 1. The van der Waals surface area contributed by atoms with Crippen LogP contribution in [0, 0.1) is 6.92 Å². The Kier molecular flexibility index (Phi) is 2.60. The Balaban J connectivity index is 2.17. The molecule has 0 aromatic carbocycles. The SMILES string of the molecule is Cc1csc(-c2nn3c(C(C)C)nnc3s2)c1N. The van der Waals surface area contributed by atoms with E-state index in [2.05, 4.69) is 34.5 Å². The first kappa shape index (κ1) is 11.6. The first-order valence-electron chi connectivity index (χ1n) is 5.64. The van der Waals surface area contributed by atoms with Crippen molar-refractivity contribution in [3.8, 4) is 9.88 Å². The molecule has 0 aliphatic carbocycles. The van der Waals surface area contributed by atoms with E-state index in [9.17, 15) is 0 Å².